The molecule has 2 rings (SSSR count). The minimum Gasteiger partial charge on any atom is -0.497 e. The topological polar surface area (TPSA) is 90.6 Å². The lowest BCUT2D eigenvalue weighted by Crippen LogP contribution is -2.20. The Bertz CT molecular complexity index is 668. The van der Waals surface area contributed by atoms with Crippen molar-refractivity contribution in [1.29, 1.82) is 0 Å². The summed E-state index contributed by atoms with van der Waals surface area (Å²) in [6, 6.07) is 13.2. The van der Waals surface area contributed by atoms with Crippen molar-refractivity contribution >= 4 is 23.3 Å². The molecule has 6 nitrogen and oxygen atoms in total. The lowest BCUT2D eigenvalue weighted by molar-refractivity contribution is -0.119. The molecule has 3 N–H and O–H groups in total. The molecule has 0 aliphatic rings. The van der Waals surface area contributed by atoms with Gasteiger partial charge in [-0.2, -0.15) is 0 Å². The largest absolute Gasteiger partial charge is 0.497 e. The van der Waals surface area contributed by atoms with Gasteiger partial charge in [-0.05, 0) is 42.5 Å². The maximum absolute atomic E-state index is 11.8. The summed E-state index contributed by atoms with van der Waals surface area (Å²) in [5, 5.41) is 2.62. The number of carbonyl (C=O) groups excluding carboxylic acids is 2. The van der Waals surface area contributed by atoms with Crippen molar-refractivity contribution in [2.75, 3.05) is 24.8 Å². The van der Waals surface area contributed by atoms with Crippen LogP contribution in [0.4, 0.5) is 11.4 Å². The van der Waals surface area contributed by atoms with Gasteiger partial charge in [-0.3, -0.25) is 4.79 Å². The van der Waals surface area contributed by atoms with Crippen LogP contribution in [-0.2, 0) is 9.53 Å². The highest BCUT2D eigenvalue weighted by Gasteiger charge is 2.10. The Morgan fingerprint density at radius 2 is 1.86 bits per heavy atom. The molecule has 0 unspecified atom stereocenters. The summed E-state index contributed by atoms with van der Waals surface area (Å²) in [6.45, 7) is -0.375. The van der Waals surface area contributed by atoms with Crippen molar-refractivity contribution in [3.8, 4) is 5.75 Å². The molecular weight excluding hydrogens is 284 g/mol. The van der Waals surface area contributed by atoms with E-state index in [1.807, 2.05) is 0 Å². The number of hydrogen-bond donors (Lipinski definition) is 2. The van der Waals surface area contributed by atoms with Crippen LogP contribution < -0.4 is 15.8 Å². The quantitative estimate of drug-likeness (QED) is 0.651. The standard InChI is InChI=1S/C16H16N2O4/c1-21-14-7-5-13(6-8-14)18-15(19)10-22-16(20)11-3-2-4-12(17)9-11/h2-9H,10,17H2,1H3,(H,18,19). The molecule has 0 saturated heterocycles. The third-order valence-electron chi connectivity index (χ3n) is 2.83. The number of hydrogen-bond acceptors (Lipinski definition) is 5. The van der Waals surface area contributed by atoms with E-state index in [2.05, 4.69) is 5.32 Å². The van der Waals surface area contributed by atoms with Crippen LogP contribution in [0.5, 0.6) is 5.75 Å². The zero-order valence-corrected chi connectivity index (χ0v) is 12.0. The van der Waals surface area contributed by atoms with Gasteiger partial charge >= 0.3 is 5.97 Å². The first kappa shape index (κ1) is 15.4. The second-order valence-electron chi connectivity index (χ2n) is 4.48. The fourth-order valence-corrected chi connectivity index (χ4v) is 1.75. The van der Waals surface area contributed by atoms with E-state index in [-0.39, 0.29) is 6.61 Å². The maximum atomic E-state index is 11.8. The minimum absolute atomic E-state index is 0.303. The molecule has 0 fully saturated rings. The summed E-state index contributed by atoms with van der Waals surface area (Å²) in [5.41, 5.74) is 6.93. The third-order valence-corrected chi connectivity index (χ3v) is 2.83. The number of amides is 1. The van der Waals surface area contributed by atoms with Gasteiger partial charge in [-0.1, -0.05) is 6.07 Å². The molecule has 22 heavy (non-hydrogen) atoms. The summed E-state index contributed by atoms with van der Waals surface area (Å²) >= 11 is 0. The van der Waals surface area contributed by atoms with Crippen LogP contribution in [0.25, 0.3) is 0 Å². The number of nitrogens with two attached hydrogens (primary N) is 1. The van der Waals surface area contributed by atoms with E-state index in [9.17, 15) is 9.59 Å². The van der Waals surface area contributed by atoms with Crippen molar-refractivity contribution in [3.63, 3.8) is 0 Å². The highest BCUT2D eigenvalue weighted by Crippen LogP contribution is 2.15. The van der Waals surface area contributed by atoms with Crippen LogP contribution >= 0.6 is 0 Å². The van der Waals surface area contributed by atoms with Gasteiger partial charge in [-0.15, -0.1) is 0 Å². The minimum atomic E-state index is -0.600. The van der Waals surface area contributed by atoms with E-state index < -0.39 is 11.9 Å². The first-order chi connectivity index (χ1) is 10.6. The van der Waals surface area contributed by atoms with Gasteiger partial charge in [0.1, 0.15) is 5.75 Å². The number of anilines is 2. The Morgan fingerprint density at radius 3 is 2.50 bits per heavy atom. The zero-order chi connectivity index (χ0) is 15.9. The van der Waals surface area contributed by atoms with Crippen LogP contribution in [0.3, 0.4) is 0 Å². The molecule has 0 radical (unpaired) electrons. The molecule has 0 atom stereocenters. The highest BCUT2D eigenvalue weighted by atomic mass is 16.5. The summed E-state index contributed by atoms with van der Waals surface area (Å²) < 4.78 is 9.95. The van der Waals surface area contributed by atoms with E-state index in [4.69, 9.17) is 15.2 Å². The lowest BCUT2D eigenvalue weighted by Gasteiger charge is -2.07. The van der Waals surface area contributed by atoms with Crippen molar-refractivity contribution in [3.05, 3.63) is 54.1 Å². The van der Waals surface area contributed by atoms with Crippen LogP contribution in [0, 0.1) is 0 Å². The highest BCUT2D eigenvalue weighted by molar-refractivity contribution is 5.95. The molecule has 0 aliphatic carbocycles. The summed E-state index contributed by atoms with van der Waals surface area (Å²) in [4.78, 5) is 23.5. The number of esters is 1. The molecule has 2 aromatic carbocycles. The number of benzene rings is 2. The summed E-state index contributed by atoms with van der Waals surface area (Å²) in [7, 11) is 1.56. The van der Waals surface area contributed by atoms with Crippen molar-refractivity contribution in [1.82, 2.24) is 0 Å². The van der Waals surface area contributed by atoms with Gasteiger partial charge in [0, 0.05) is 11.4 Å². The Labute approximate surface area is 127 Å². The molecule has 0 spiro atoms. The second kappa shape index (κ2) is 7.12. The summed E-state index contributed by atoms with van der Waals surface area (Å²) in [6.07, 6.45) is 0. The van der Waals surface area contributed by atoms with E-state index in [0.29, 0.717) is 22.7 Å². The number of nitrogens with one attached hydrogen (secondary N) is 1. The van der Waals surface area contributed by atoms with Crippen LogP contribution in [-0.4, -0.2) is 25.6 Å². The monoisotopic (exact) mass is 300 g/mol. The molecule has 0 heterocycles. The van der Waals surface area contributed by atoms with E-state index in [1.165, 1.54) is 6.07 Å². The Kier molecular flexibility index (Phi) is 4.98. The predicted octanol–water partition coefficient (Wildman–Crippen LogP) is 2.07. The van der Waals surface area contributed by atoms with E-state index in [1.54, 1.807) is 49.6 Å². The van der Waals surface area contributed by atoms with Gasteiger partial charge in [0.05, 0.1) is 12.7 Å². The van der Waals surface area contributed by atoms with Gasteiger partial charge < -0.3 is 20.5 Å². The Hall–Kier alpha value is -3.02. The molecule has 6 heteroatoms. The lowest BCUT2D eigenvalue weighted by atomic mass is 10.2. The van der Waals surface area contributed by atoms with Crippen LogP contribution in [0.1, 0.15) is 10.4 Å². The molecule has 0 bridgehead atoms. The number of rotatable bonds is 5. The SMILES string of the molecule is COc1ccc(NC(=O)COC(=O)c2cccc(N)c2)cc1. The number of ether oxygens (including phenoxy) is 2. The third kappa shape index (κ3) is 4.24. The van der Waals surface area contributed by atoms with Crippen molar-refractivity contribution in [2.45, 2.75) is 0 Å². The molecule has 1 amide bonds. The van der Waals surface area contributed by atoms with Crippen LogP contribution in [0.2, 0.25) is 0 Å². The summed E-state index contributed by atoms with van der Waals surface area (Å²) in [5.74, 6) is -0.342. The maximum Gasteiger partial charge on any atom is 0.338 e. The fraction of sp³-hybridized carbons (Fsp3) is 0.125. The number of nitrogen functional groups attached to an aromatic ring is 1. The van der Waals surface area contributed by atoms with Gasteiger partial charge in [0.15, 0.2) is 6.61 Å². The first-order valence-electron chi connectivity index (χ1n) is 6.55. The average Bonchev–Trinajstić information content (AvgIpc) is 2.53. The zero-order valence-electron chi connectivity index (χ0n) is 12.0. The Morgan fingerprint density at radius 1 is 1.14 bits per heavy atom. The van der Waals surface area contributed by atoms with E-state index in [0.717, 1.165) is 0 Å². The molecular formula is C16H16N2O4. The number of carbonyl (C=O) groups is 2. The van der Waals surface area contributed by atoms with Crippen LogP contribution in [0.15, 0.2) is 48.5 Å². The normalized spacial score (nSPS) is 9.86. The van der Waals surface area contributed by atoms with Gasteiger partial charge in [-0.25, -0.2) is 4.79 Å². The van der Waals surface area contributed by atoms with Gasteiger partial charge in [0.2, 0.25) is 0 Å². The van der Waals surface area contributed by atoms with Crippen molar-refractivity contribution < 1.29 is 19.1 Å². The second-order valence-corrected chi connectivity index (χ2v) is 4.48. The molecule has 2 aromatic rings. The Balaban J connectivity index is 1.85. The van der Waals surface area contributed by atoms with Gasteiger partial charge in [0.25, 0.3) is 5.91 Å². The molecule has 0 aromatic heterocycles. The smallest absolute Gasteiger partial charge is 0.338 e. The molecule has 0 saturated carbocycles. The predicted molar refractivity (Wildman–Crippen MR) is 82.8 cm³/mol. The number of methoxy groups -OCH3 is 1. The molecule has 0 aliphatic heterocycles. The van der Waals surface area contributed by atoms with Crippen molar-refractivity contribution in [2.24, 2.45) is 0 Å². The average molecular weight is 300 g/mol. The van der Waals surface area contributed by atoms with E-state index >= 15 is 0 Å². The fourth-order valence-electron chi connectivity index (χ4n) is 1.75. The first-order valence-corrected chi connectivity index (χ1v) is 6.55. The molecule has 114 valence electrons.